The summed E-state index contributed by atoms with van der Waals surface area (Å²) in [4.78, 5) is 17.3. The van der Waals surface area contributed by atoms with Crippen LogP contribution < -0.4 is 19.5 Å². The number of para-hydroxylation sites is 2. The number of anilines is 1. The molecule has 1 amide bonds. The van der Waals surface area contributed by atoms with Gasteiger partial charge in [-0.1, -0.05) is 12.1 Å². The molecule has 29 heavy (non-hydrogen) atoms. The Morgan fingerprint density at radius 2 is 1.83 bits per heavy atom. The van der Waals surface area contributed by atoms with Crippen molar-refractivity contribution in [3.63, 3.8) is 0 Å². The van der Waals surface area contributed by atoms with Crippen LogP contribution in [0, 0.1) is 0 Å². The number of carbonyl (C=O) groups excluding carboxylic acids is 1. The number of fused-ring (bicyclic) bond motifs is 1. The highest BCUT2D eigenvalue weighted by Crippen LogP contribution is 2.28. The minimum atomic E-state index is -0.361. The van der Waals surface area contributed by atoms with Crippen molar-refractivity contribution < 1.29 is 19.0 Å². The first-order valence-corrected chi connectivity index (χ1v) is 9.60. The van der Waals surface area contributed by atoms with E-state index in [1.165, 1.54) is 11.3 Å². The fourth-order valence-electron chi connectivity index (χ4n) is 2.74. The average molecular weight is 410 g/mol. The summed E-state index contributed by atoms with van der Waals surface area (Å²) in [7, 11) is 3.17. The molecule has 2 heterocycles. The molecule has 0 fully saturated rings. The number of aromatic nitrogens is 3. The molecule has 0 aliphatic rings. The van der Waals surface area contributed by atoms with Crippen LogP contribution in [0.25, 0.3) is 16.2 Å². The predicted octanol–water partition coefficient (Wildman–Crippen LogP) is 3.49. The van der Waals surface area contributed by atoms with E-state index in [-0.39, 0.29) is 18.5 Å². The van der Waals surface area contributed by atoms with Crippen LogP contribution in [0.4, 0.5) is 5.95 Å². The summed E-state index contributed by atoms with van der Waals surface area (Å²) in [5.74, 6) is 1.69. The zero-order chi connectivity index (χ0) is 20.2. The largest absolute Gasteiger partial charge is 0.497 e. The summed E-state index contributed by atoms with van der Waals surface area (Å²) >= 11 is 1.44. The van der Waals surface area contributed by atoms with E-state index in [1.807, 2.05) is 41.8 Å². The number of nitrogens with zero attached hydrogens (tertiary/aromatic N) is 3. The number of hydrogen-bond acceptors (Lipinski definition) is 7. The molecule has 0 unspecified atom stereocenters. The van der Waals surface area contributed by atoms with Crippen LogP contribution in [0.3, 0.4) is 0 Å². The van der Waals surface area contributed by atoms with Crippen molar-refractivity contribution in [1.82, 2.24) is 14.6 Å². The topological polar surface area (TPSA) is 87.0 Å². The average Bonchev–Trinajstić information content (AvgIpc) is 3.32. The summed E-state index contributed by atoms with van der Waals surface area (Å²) in [6, 6.07) is 14.8. The first-order valence-electron chi connectivity index (χ1n) is 8.72. The van der Waals surface area contributed by atoms with Gasteiger partial charge in [-0.3, -0.25) is 10.1 Å². The molecule has 2 aromatic heterocycles. The summed E-state index contributed by atoms with van der Waals surface area (Å²) in [6.07, 6.45) is 0. The molecule has 4 aromatic rings. The number of carbonyl (C=O) groups is 1. The molecule has 0 bridgehead atoms. The Balaban J connectivity index is 1.46. The number of hydrogen-bond donors (Lipinski definition) is 1. The lowest BCUT2D eigenvalue weighted by Crippen LogP contribution is -2.21. The predicted molar refractivity (Wildman–Crippen MR) is 110 cm³/mol. The van der Waals surface area contributed by atoms with Crippen molar-refractivity contribution >= 4 is 28.2 Å². The van der Waals surface area contributed by atoms with E-state index in [4.69, 9.17) is 14.2 Å². The molecule has 1 N–H and O–H groups in total. The van der Waals surface area contributed by atoms with Gasteiger partial charge < -0.3 is 14.2 Å². The second-order valence-corrected chi connectivity index (χ2v) is 6.80. The van der Waals surface area contributed by atoms with Crippen molar-refractivity contribution in [3.05, 3.63) is 53.9 Å². The summed E-state index contributed by atoms with van der Waals surface area (Å²) in [5.41, 5.74) is 1.85. The first kappa shape index (κ1) is 18.8. The van der Waals surface area contributed by atoms with Crippen LogP contribution in [-0.4, -0.2) is 41.3 Å². The van der Waals surface area contributed by atoms with Crippen LogP contribution in [0.1, 0.15) is 0 Å². The SMILES string of the molecule is COc1ccc(-c2csc3nc(NC(=O)COc4ccccc4OC)nn23)cc1. The standard InChI is InChI=1S/C20H18N4O4S/c1-26-14-9-7-13(8-10-14)15-12-29-20-22-19(23-24(15)20)21-18(25)11-28-17-6-4-3-5-16(17)27-2/h3-10,12H,11H2,1-2H3,(H,21,23,25). The lowest BCUT2D eigenvalue weighted by Gasteiger charge is -2.09. The molecule has 0 aliphatic carbocycles. The monoisotopic (exact) mass is 410 g/mol. The summed E-state index contributed by atoms with van der Waals surface area (Å²) in [6.45, 7) is -0.182. The molecule has 9 heteroatoms. The van der Waals surface area contributed by atoms with Crippen molar-refractivity contribution in [2.45, 2.75) is 0 Å². The van der Waals surface area contributed by atoms with E-state index in [9.17, 15) is 4.79 Å². The Morgan fingerprint density at radius 3 is 2.55 bits per heavy atom. The minimum absolute atomic E-state index is 0.182. The number of benzene rings is 2. The zero-order valence-corrected chi connectivity index (χ0v) is 16.6. The number of methoxy groups -OCH3 is 2. The van der Waals surface area contributed by atoms with Crippen molar-refractivity contribution in [2.75, 3.05) is 26.1 Å². The second kappa shape index (κ2) is 8.19. The first-order chi connectivity index (χ1) is 14.2. The van der Waals surface area contributed by atoms with Crippen LogP contribution in [0.5, 0.6) is 17.2 Å². The Labute approximate surface area is 170 Å². The molecule has 0 saturated carbocycles. The third-order valence-electron chi connectivity index (χ3n) is 4.15. The maximum atomic E-state index is 12.2. The highest BCUT2D eigenvalue weighted by Gasteiger charge is 2.14. The van der Waals surface area contributed by atoms with E-state index in [2.05, 4.69) is 15.4 Å². The van der Waals surface area contributed by atoms with E-state index < -0.39 is 0 Å². The second-order valence-electron chi connectivity index (χ2n) is 5.97. The number of nitrogens with one attached hydrogen (secondary N) is 1. The van der Waals surface area contributed by atoms with Crippen LogP contribution in [0.2, 0.25) is 0 Å². The van der Waals surface area contributed by atoms with Gasteiger partial charge in [0.15, 0.2) is 18.1 Å². The highest BCUT2D eigenvalue weighted by atomic mass is 32.1. The molecular weight excluding hydrogens is 392 g/mol. The highest BCUT2D eigenvalue weighted by molar-refractivity contribution is 7.15. The maximum Gasteiger partial charge on any atom is 0.264 e. The van der Waals surface area contributed by atoms with Gasteiger partial charge in [-0.05, 0) is 36.4 Å². The van der Waals surface area contributed by atoms with Crippen LogP contribution in [-0.2, 0) is 4.79 Å². The lowest BCUT2D eigenvalue weighted by molar-refractivity contribution is -0.118. The summed E-state index contributed by atoms with van der Waals surface area (Å²) in [5, 5.41) is 9.02. The normalized spacial score (nSPS) is 10.7. The Morgan fingerprint density at radius 1 is 1.07 bits per heavy atom. The van der Waals surface area contributed by atoms with Gasteiger partial charge in [-0.15, -0.1) is 16.4 Å². The third-order valence-corrected chi connectivity index (χ3v) is 4.96. The van der Waals surface area contributed by atoms with Gasteiger partial charge in [0.2, 0.25) is 4.96 Å². The van der Waals surface area contributed by atoms with E-state index in [0.29, 0.717) is 16.5 Å². The fraction of sp³-hybridized carbons (Fsp3) is 0.150. The molecule has 2 aromatic carbocycles. The molecule has 148 valence electrons. The molecule has 0 radical (unpaired) electrons. The Hall–Kier alpha value is -3.59. The van der Waals surface area contributed by atoms with E-state index in [1.54, 1.807) is 30.9 Å². The van der Waals surface area contributed by atoms with Gasteiger partial charge in [0.25, 0.3) is 11.9 Å². The Bertz CT molecular complexity index is 1140. The van der Waals surface area contributed by atoms with E-state index >= 15 is 0 Å². The minimum Gasteiger partial charge on any atom is -0.497 e. The smallest absolute Gasteiger partial charge is 0.264 e. The number of amides is 1. The third kappa shape index (κ3) is 3.99. The molecule has 0 aliphatic heterocycles. The molecule has 4 rings (SSSR count). The number of ether oxygens (including phenoxy) is 3. The van der Waals surface area contributed by atoms with Crippen molar-refractivity contribution in [2.24, 2.45) is 0 Å². The zero-order valence-electron chi connectivity index (χ0n) is 15.8. The number of thiazole rings is 1. The van der Waals surface area contributed by atoms with Gasteiger partial charge in [-0.2, -0.15) is 4.98 Å². The lowest BCUT2D eigenvalue weighted by atomic mass is 10.2. The Kier molecular flexibility index (Phi) is 5.30. The van der Waals surface area contributed by atoms with E-state index in [0.717, 1.165) is 17.0 Å². The van der Waals surface area contributed by atoms with Gasteiger partial charge in [0, 0.05) is 10.9 Å². The molecule has 0 atom stereocenters. The van der Waals surface area contributed by atoms with Crippen molar-refractivity contribution in [3.8, 4) is 28.5 Å². The van der Waals surface area contributed by atoms with Gasteiger partial charge in [0.05, 0.1) is 19.9 Å². The molecular formula is C20H18N4O4S. The van der Waals surface area contributed by atoms with Crippen molar-refractivity contribution in [1.29, 1.82) is 0 Å². The fourth-order valence-corrected chi connectivity index (χ4v) is 3.57. The maximum absolute atomic E-state index is 12.2. The van der Waals surface area contributed by atoms with Crippen LogP contribution in [0.15, 0.2) is 53.9 Å². The van der Waals surface area contributed by atoms with Gasteiger partial charge in [0.1, 0.15) is 5.75 Å². The molecule has 0 spiro atoms. The summed E-state index contributed by atoms with van der Waals surface area (Å²) < 4.78 is 17.6. The number of rotatable bonds is 7. The van der Waals surface area contributed by atoms with Gasteiger partial charge in [-0.25, -0.2) is 4.52 Å². The molecule has 8 nitrogen and oxygen atoms in total. The molecule has 0 saturated heterocycles. The quantitative estimate of drug-likeness (QED) is 0.502. The van der Waals surface area contributed by atoms with Gasteiger partial charge >= 0.3 is 0 Å². The van der Waals surface area contributed by atoms with Crippen LogP contribution >= 0.6 is 11.3 Å².